The van der Waals surface area contributed by atoms with Crippen LogP contribution in [0.15, 0.2) is 18.5 Å². The minimum Gasteiger partial charge on any atom is -0.272 e. The SMILES string of the molecule is CC(CBr)Cn1cccn1. The van der Waals surface area contributed by atoms with E-state index < -0.39 is 0 Å². The summed E-state index contributed by atoms with van der Waals surface area (Å²) in [7, 11) is 0. The van der Waals surface area contributed by atoms with Crippen LogP contribution in [0.2, 0.25) is 0 Å². The number of hydrogen-bond acceptors (Lipinski definition) is 1. The Balaban J connectivity index is 2.40. The Morgan fingerprint density at radius 3 is 3.00 bits per heavy atom. The molecule has 0 spiro atoms. The van der Waals surface area contributed by atoms with Gasteiger partial charge in [-0.15, -0.1) is 0 Å². The van der Waals surface area contributed by atoms with Gasteiger partial charge in [-0.3, -0.25) is 4.68 Å². The van der Waals surface area contributed by atoms with Crippen molar-refractivity contribution in [2.24, 2.45) is 5.92 Å². The number of hydrogen-bond donors (Lipinski definition) is 0. The monoisotopic (exact) mass is 202 g/mol. The van der Waals surface area contributed by atoms with Crippen molar-refractivity contribution < 1.29 is 0 Å². The molecule has 0 radical (unpaired) electrons. The van der Waals surface area contributed by atoms with Gasteiger partial charge in [0.15, 0.2) is 0 Å². The minimum atomic E-state index is 0.653. The van der Waals surface area contributed by atoms with Crippen LogP contribution in [-0.4, -0.2) is 15.1 Å². The van der Waals surface area contributed by atoms with Gasteiger partial charge in [0.25, 0.3) is 0 Å². The normalized spacial score (nSPS) is 13.4. The molecule has 2 nitrogen and oxygen atoms in total. The summed E-state index contributed by atoms with van der Waals surface area (Å²) in [6.07, 6.45) is 3.79. The van der Waals surface area contributed by atoms with Crippen LogP contribution in [-0.2, 0) is 6.54 Å². The zero-order chi connectivity index (χ0) is 7.40. The van der Waals surface area contributed by atoms with Crippen molar-refractivity contribution in [1.82, 2.24) is 9.78 Å². The Labute approximate surface area is 69.4 Å². The van der Waals surface area contributed by atoms with Crippen LogP contribution in [0.3, 0.4) is 0 Å². The van der Waals surface area contributed by atoms with Crippen molar-refractivity contribution in [2.75, 3.05) is 5.33 Å². The highest BCUT2D eigenvalue weighted by molar-refractivity contribution is 9.09. The third-order valence-corrected chi connectivity index (χ3v) is 2.43. The van der Waals surface area contributed by atoms with Crippen molar-refractivity contribution >= 4 is 15.9 Å². The lowest BCUT2D eigenvalue weighted by molar-refractivity contribution is 0.491. The summed E-state index contributed by atoms with van der Waals surface area (Å²) < 4.78 is 1.95. The smallest absolute Gasteiger partial charge is 0.0489 e. The van der Waals surface area contributed by atoms with E-state index in [-0.39, 0.29) is 0 Å². The molecular weight excluding hydrogens is 192 g/mol. The molecule has 0 aliphatic carbocycles. The van der Waals surface area contributed by atoms with E-state index in [4.69, 9.17) is 0 Å². The van der Waals surface area contributed by atoms with Crippen molar-refractivity contribution in [3.8, 4) is 0 Å². The van der Waals surface area contributed by atoms with Crippen LogP contribution in [0, 0.1) is 5.92 Å². The molecule has 0 saturated carbocycles. The van der Waals surface area contributed by atoms with E-state index in [1.54, 1.807) is 6.20 Å². The molecule has 1 rings (SSSR count). The fourth-order valence-electron chi connectivity index (χ4n) is 0.777. The molecule has 1 atom stereocenters. The van der Waals surface area contributed by atoms with Gasteiger partial charge in [0.05, 0.1) is 0 Å². The molecule has 0 fully saturated rings. The number of halogens is 1. The predicted molar refractivity (Wildman–Crippen MR) is 45.2 cm³/mol. The maximum atomic E-state index is 4.10. The average Bonchev–Trinajstić information content (AvgIpc) is 2.40. The quantitative estimate of drug-likeness (QED) is 0.686. The predicted octanol–water partition coefficient (Wildman–Crippen LogP) is 1.91. The Hall–Kier alpha value is -0.310. The first kappa shape index (κ1) is 7.79. The van der Waals surface area contributed by atoms with Gasteiger partial charge in [0, 0.05) is 24.3 Å². The lowest BCUT2D eigenvalue weighted by Crippen LogP contribution is -2.08. The first-order valence-electron chi connectivity index (χ1n) is 3.36. The van der Waals surface area contributed by atoms with Crippen LogP contribution in [0.5, 0.6) is 0 Å². The molecule has 1 aromatic rings. The van der Waals surface area contributed by atoms with Gasteiger partial charge in [0.2, 0.25) is 0 Å². The highest BCUT2D eigenvalue weighted by Gasteiger charge is 1.99. The van der Waals surface area contributed by atoms with E-state index in [0.717, 1.165) is 11.9 Å². The molecule has 3 heteroatoms. The fourth-order valence-corrected chi connectivity index (χ4v) is 0.981. The summed E-state index contributed by atoms with van der Waals surface area (Å²) in [4.78, 5) is 0. The molecule has 0 saturated heterocycles. The third kappa shape index (κ3) is 2.14. The van der Waals surface area contributed by atoms with Gasteiger partial charge < -0.3 is 0 Å². The lowest BCUT2D eigenvalue weighted by atomic mass is 10.2. The van der Waals surface area contributed by atoms with E-state index in [1.807, 2.05) is 16.9 Å². The summed E-state index contributed by atoms with van der Waals surface area (Å²) in [5.41, 5.74) is 0. The highest BCUT2D eigenvalue weighted by Crippen LogP contribution is 2.02. The van der Waals surface area contributed by atoms with E-state index in [9.17, 15) is 0 Å². The fraction of sp³-hybridized carbons (Fsp3) is 0.571. The summed E-state index contributed by atoms with van der Waals surface area (Å²) in [6.45, 7) is 3.19. The van der Waals surface area contributed by atoms with Gasteiger partial charge in [-0.2, -0.15) is 5.10 Å². The molecule has 56 valence electrons. The summed E-state index contributed by atoms with van der Waals surface area (Å²) in [5.74, 6) is 0.653. The second kappa shape index (κ2) is 3.76. The minimum absolute atomic E-state index is 0.653. The van der Waals surface area contributed by atoms with Crippen LogP contribution < -0.4 is 0 Å². The lowest BCUT2D eigenvalue weighted by Gasteiger charge is -2.05. The molecule has 1 heterocycles. The maximum absolute atomic E-state index is 4.10. The molecule has 0 N–H and O–H groups in total. The van der Waals surface area contributed by atoms with Gasteiger partial charge in [-0.1, -0.05) is 22.9 Å². The maximum Gasteiger partial charge on any atom is 0.0489 e. The zero-order valence-electron chi connectivity index (χ0n) is 6.00. The molecule has 0 aliphatic rings. The van der Waals surface area contributed by atoms with E-state index in [1.165, 1.54) is 0 Å². The van der Waals surface area contributed by atoms with E-state index >= 15 is 0 Å². The van der Waals surface area contributed by atoms with Gasteiger partial charge in [0.1, 0.15) is 0 Å². The van der Waals surface area contributed by atoms with Crippen LogP contribution in [0.25, 0.3) is 0 Å². The second-order valence-corrected chi connectivity index (χ2v) is 3.14. The molecule has 0 bridgehead atoms. The van der Waals surface area contributed by atoms with Crippen molar-refractivity contribution in [3.05, 3.63) is 18.5 Å². The summed E-state index contributed by atoms with van der Waals surface area (Å²) in [6, 6.07) is 1.95. The number of rotatable bonds is 3. The van der Waals surface area contributed by atoms with Crippen molar-refractivity contribution in [2.45, 2.75) is 13.5 Å². The third-order valence-electron chi connectivity index (χ3n) is 1.32. The Morgan fingerprint density at radius 1 is 1.70 bits per heavy atom. The van der Waals surface area contributed by atoms with Gasteiger partial charge in [-0.25, -0.2) is 0 Å². The van der Waals surface area contributed by atoms with E-state index in [0.29, 0.717) is 5.92 Å². The molecule has 1 unspecified atom stereocenters. The Morgan fingerprint density at radius 2 is 2.50 bits per heavy atom. The topological polar surface area (TPSA) is 17.8 Å². The zero-order valence-corrected chi connectivity index (χ0v) is 7.58. The van der Waals surface area contributed by atoms with Gasteiger partial charge >= 0.3 is 0 Å². The molecule has 0 amide bonds. The van der Waals surface area contributed by atoms with Crippen LogP contribution >= 0.6 is 15.9 Å². The summed E-state index contributed by atoms with van der Waals surface area (Å²) >= 11 is 3.42. The van der Waals surface area contributed by atoms with E-state index in [2.05, 4.69) is 28.0 Å². The molecule has 0 aromatic carbocycles. The number of alkyl halides is 1. The van der Waals surface area contributed by atoms with Gasteiger partial charge in [-0.05, 0) is 12.0 Å². The highest BCUT2D eigenvalue weighted by atomic mass is 79.9. The molecule has 1 aromatic heterocycles. The first-order valence-corrected chi connectivity index (χ1v) is 4.48. The van der Waals surface area contributed by atoms with Crippen molar-refractivity contribution in [3.63, 3.8) is 0 Å². The Kier molecular flexibility index (Phi) is 2.93. The molecule has 0 aliphatic heterocycles. The summed E-state index contributed by atoms with van der Waals surface area (Å²) in [5, 5.41) is 5.13. The largest absolute Gasteiger partial charge is 0.272 e. The average molecular weight is 203 g/mol. The first-order chi connectivity index (χ1) is 4.83. The number of aromatic nitrogens is 2. The van der Waals surface area contributed by atoms with Crippen molar-refractivity contribution in [1.29, 1.82) is 0 Å². The second-order valence-electron chi connectivity index (χ2n) is 2.49. The van der Waals surface area contributed by atoms with Crippen LogP contribution in [0.4, 0.5) is 0 Å². The molecule has 10 heavy (non-hydrogen) atoms. The molecular formula is C7H11BrN2. The Bertz CT molecular complexity index is 172. The standard InChI is InChI=1S/C7H11BrN2/c1-7(5-8)6-10-4-2-3-9-10/h2-4,7H,5-6H2,1H3. The van der Waals surface area contributed by atoms with Crippen LogP contribution in [0.1, 0.15) is 6.92 Å². The number of nitrogens with zero attached hydrogens (tertiary/aromatic N) is 2.